The van der Waals surface area contributed by atoms with Crippen LogP contribution in [0.25, 0.3) is 0 Å². The maximum atomic E-state index is 13.3. The molecule has 4 nitrogen and oxygen atoms in total. The summed E-state index contributed by atoms with van der Waals surface area (Å²) >= 11 is 0. The minimum Gasteiger partial charge on any atom is -0.325 e. The number of nitro benzene ring substituents is 1. The van der Waals surface area contributed by atoms with Crippen LogP contribution >= 0.6 is 0 Å². The molecule has 0 aliphatic rings. The van der Waals surface area contributed by atoms with Crippen molar-refractivity contribution >= 4 is 5.69 Å². The van der Waals surface area contributed by atoms with E-state index in [2.05, 4.69) is 0 Å². The lowest BCUT2D eigenvalue weighted by Crippen LogP contribution is -2.34. The Morgan fingerprint density at radius 1 is 1.53 bits per heavy atom. The molecule has 1 aromatic carbocycles. The molecule has 82 valence electrons. The second-order valence-corrected chi connectivity index (χ2v) is 4.20. The Balaban J connectivity index is 3.06. The molecule has 0 amide bonds. The van der Waals surface area contributed by atoms with E-state index < -0.39 is 16.3 Å². The summed E-state index contributed by atoms with van der Waals surface area (Å²) in [6.07, 6.45) is 0.264. The fourth-order valence-corrected chi connectivity index (χ4v) is 1.30. The summed E-state index contributed by atoms with van der Waals surface area (Å²) in [6, 6.07) is 3.46. The van der Waals surface area contributed by atoms with Crippen LogP contribution in [0.2, 0.25) is 0 Å². The number of halogens is 1. The predicted molar refractivity (Wildman–Crippen MR) is 55.0 cm³/mol. The van der Waals surface area contributed by atoms with E-state index in [0.29, 0.717) is 0 Å². The van der Waals surface area contributed by atoms with Crippen LogP contribution in [0.4, 0.5) is 10.1 Å². The first-order valence-corrected chi connectivity index (χ1v) is 4.51. The van der Waals surface area contributed by atoms with Crippen molar-refractivity contribution in [2.45, 2.75) is 25.8 Å². The fourth-order valence-electron chi connectivity index (χ4n) is 1.30. The van der Waals surface area contributed by atoms with Crippen molar-refractivity contribution < 1.29 is 9.31 Å². The molecule has 0 bridgehead atoms. The monoisotopic (exact) mass is 212 g/mol. The van der Waals surface area contributed by atoms with Gasteiger partial charge in [0, 0.05) is 17.7 Å². The Kier molecular flexibility index (Phi) is 3.04. The van der Waals surface area contributed by atoms with E-state index in [1.54, 1.807) is 13.8 Å². The molecule has 5 heteroatoms. The third kappa shape index (κ3) is 3.28. The number of nitrogens with zero attached hydrogens (tertiary/aromatic N) is 1. The van der Waals surface area contributed by atoms with Gasteiger partial charge >= 0.3 is 0 Å². The number of rotatable bonds is 3. The third-order valence-electron chi connectivity index (χ3n) is 1.89. The van der Waals surface area contributed by atoms with Gasteiger partial charge in [0.05, 0.1) is 4.92 Å². The SMILES string of the molecule is CC(C)(N)Cc1cc([N+](=O)[O-])ccc1F. The van der Waals surface area contributed by atoms with Crippen LogP contribution in [0, 0.1) is 15.9 Å². The summed E-state index contributed by atoms with van der Waals surface area (Å²) in [5.74, 6) is -0.459. The van der Waals surface area contributed by atoms with Crippen LogP contribution in [0.15, 0.2) is 18.2 Å². The molecule has 0 saturated carbocycles. The zero-order valence-electron chi connectivity index (χ0n) is 8.66. The molecule has 0 aliphatic heterocycles. The molecular formula is C10H13FN2O2. The van der Waals surface area contributed by atoms with Crippen LogP contribution in [-0.4, -0.2) is 10.5 Å². The largest absolute Gasteiger partial charge is 0.325 e. The van der Waals surface area contributed by atoms with Gasteiger partial charge in [0.25, 0.3) is 5.69 Å². The molecule has 0 radical (unpaired) electrons. The van der Waals surface area contributed by atoms with E-state index in [1.807, 2.05) is 0 Å². The van der Waals surface area contributed by atoms with Gasteiger partial charge in [-0.05, 0) is 31.9 Å². The Bertz CT molecular complexity index is 385. The standard InChI is InChI=1S/C10H13FN2O2/c1-10(2,12)6-7-5-8(13(14)15)3-4-9(7)11/h3-5H,6,12H2,1-2H3. The molecule has 0 fully saturated rings. The van der Waals surface area contributed by atoms with Crippen molar-refractivity contribution in [1.29, 1.82) is 0 Å². The maximum Gasteiger partial charge on any atom is 0.269 e. The molecule has 0 unspecified atom stereocenters. The van der Waals surface area contributed by atoms with Crippen molar-refractivity contribution in [2.75, 3.05) is 0 Å². The van der Waals surface area contributed by atoms with E-state index >= 15 is 0 Å². The van der Waals surface area contributed by atoms with Gasteiger partial charge in [-0.1, -0.05) is 0 Å². The maximum absolute atomic E-state index is 13.3. The molecule has 1 aromatic rings. The van der Waals surface area contributed by atoms with E-state index in [-0.39, 0.29) is 17.7 Å². The Hall–Kier alpha value is -1.49. The molecule has 0 saturated heterocycles. The average molecular weight is 212 g/mol. The zero-order valence-corrected chi connectivity index (χ0v) is 8.66. The molecule has 0 heterocycles. The van der Waals surface area contributed by atoms with Crippen LogP contribution in [0.1, 0.15) is 19.4 Å². The minimum atomic E-state index is -0.587. The highest BCUT2D eigenvalue weighted by Gasteiger charge is 2.17. The minimum absolute atomic E-state index is 0.115. The van der Waals surface area contributed by atoms with Crippen molar-refractivity contribution in [3.8, 4) is 0 Å². The number of nitrogens with two attached hydrogens (primary N) is 1. The van der Waals surface area contributed by atoms with Crippen LogP contribution < -0.4 is 5.73 Å². The van der Waals surface area contributed by atoms with Gasteiger partial charge in [-0.2, -0.15) is 0 Å². The van der Waals surface area contributed by atoms with Crippen LogP contribution in [-0.2, 0) is 6.42 Å². The first-order chi connectivity index (χ1) is 6.79. The second-order valence-electron chi connectivity index (χ2n) is 4.20. The molecular weight excluding hydrogens is 199 g/mol. The molecule has 0 spiro atoms. The van der Waals surface area contributed by atoms with Crippen LogP contribution in [0.5, 0.6) is 0 Å². The van der Waals surface area contributed by atoms with Gasteiger partial charge in [0.15, 0.2) is 0 Å². The summed E-state index contributed by atoms with van der Waals surface area (Å²) in [5.41, 5.74) is 5.30. The van der Waals surface area contributed by atoms with Crippen molar-refractivity contribution in [2.24, 2.45) is 5.73 Å². The normalized spacial score (nSPS) is 11.5. The first-order valence-electron chi connectivity index (χ1n) is 4.51. The lowest BCUT2D eigenvalue weighted by atomic mass is 9.95. The fraction of sp³-hybridized carbons (Fsp3) is 0.400. The van der Waals surface area contributed by atoms with Gasteiger partial charge in [0.2, 0.25) is 0 Å². The number of non-ortho nitro benzene ring substituents is 1. The Morgan fingerprint density at radius 2 is 2.13 bits per heavy atom. The number of hydrogen-bond acceptors (Lipinski definition) is 3. The summed E-state index contributed by atoms with van der Waals surface area (Å²) in [6.45, 7) is 3.48. The van der Waals surface area contributed by atoms with E-state index in [1.165, 1.54) is 6.07 Å². The lowest BCUT2D eigenvalue weighted by molar-refractivity contribution is -0.385. The Labute approximate surface area is 87.0 Å². The second kappa shape index (κ2) is 3.94. The molecule has 15 heavy (non-hydrogen) atoms. The van der Waals surface area contributed by atoms with Gasteiger partial charge in [-0.15, -0.1) is 0 Å². The molecule has 0 aromatic heterocycles. The zero-order chi connectivity index (χ0) is 11.6. The number of hydrogen-bond donors (Lipinski definition) is 1. The molecule has 0 aliphatic carbocycles. The first kappa shape index (κ1) is 11.6. The lowest BCUT2D eigenvalue weighted by Gasteiger charge is -2.18. The highest BCUT2D eigenvalue weighted by atomic mass is 19.1. The number of nitro groups is 1. The molecule has 0 atom stereocenters. The smallest absolute Gasteiger partial charge is 0.269 e. The Morgan fingerprint density at radius 3 is 2.60 bits per heavy atom. The van der Waals surface area contributed by atoms with Gasteiger partial charge < -0.3 is 5.73 Å². The van der Waals surface area contributed by atoms with Crippen LogP contribution in [0.3, 0.4) is 0 Å². The van der Waals surface area contributed by atoms with Gasteiger partial charge in [-0.25, -0.2) is 4.39 Å². The van der Waals surface area contributed by atoms with Gasteiger partial charge in [-0.3, -0.25) is 10.1 Å². The number of benzene rings is 1. The summed E-state index contributed by atoms with van der Waals surface area (Å²) < 4.78 is 13.3. The highest BCUT2D eigenvalue weighted by molar-refractivity contribution is 5.36. The quantitative estimate of drug-likeness (QED) is 0.615. The van der Waals surface area contributed by atoms with E-state index in [4.69, 9.17) is 5.73 Å². The predicted octanol–water partition coefficient (Wildman–Crippen LogP) is 2.01. The van der Waals surface area contributed by atoms with E-state index in [9.17, 15) is 14.5 Å². The van der Waals surface area contributed by atoms with E-state index in [0.717, 1.165) is 12.1 Å². The van der Waals surface area contributed by atoms with Crippen molar-refractivity contribution in [3.63, 3.8) is 0 Å². The summed E-state index contributed by atoms with van der Waals surface area (Å²) in [5, 5.41) is 10.5. The average Bonchev–Trinajstić information content (AvgIpc) is 2.06. The van der Waals surface area contributed by atoms with Gasteiger partial charge in [0.1, 0.15) is 5.82 Å². The summed E-state index contributed by atoms with van der Waals surface area (Å²) in [4.78, 5) is 9.93. The van der Waals surface area contributed by atoms with Crippen molar-refractivity contribution in [1.82, 2.24) is 0 Å². The molecule has 1 rings (SSSR count). The highest BCUT2D eigenvalue weighted by Crippen LogP contribution is 2.20. The molecule has 2 N–H and O–H groups in total. The van der Waals surface area contributed by atoms with Crippen molar-refractivity contribution in [3.05, 3.63) is 39.7 Å². The topological polar surface area (TPSA) is 69.2 Å². The summed E-state index contributed by atoms with van der Waals surface area (Å²) in [7, 11) is 0. The third-order valence-corrected chi connectivity index (χ3v) is 1.89.